The van der Waals surface area contributed by atoms with Crippen molar-refractivity contribution in [3.63, 3.8) is 0 Å². The van der Waals surface area contributed by atoms with Gasteiger partial charge >= 0.3 is 0 Å². The van der Waals surface area contributed by atoms with Crippen LogP contribution >= 0.6 is 15.9 Å². The van der Waals surface area contributed by atoms with Crippen LogP contribution in [-0.4, -0.2) is 20.0 Å². The second kappa shape index (κ2) is 4.24. The van der Waals surface area contributed by atoms with Gasteiger partial charge in [0.2, 0.25) is 5.95 Å². The van der Waals surface area contributed by atoms with Crippen molar-refractivity contribution in [1.29, 1.82) is 0 Å². The van der Waals surface area contributed by atoms with Gasteiger partial charge in [-0.3, -0.25) is 0 Å². The molecule has 0 saturated carbocycles. The third-order valence-electron chi connectivity index (χ3n) is 2.75. The first-order valence-electron chi connectivity index (χ1n) is 5.42. The summed E-state index contributed by atoms with van der Waals surface area (Å²) in [7, 11) is 0. The molecule has 1 heterocycles. The number of hydrogen-bond donors (Lipinski definition) is 2. The Morgan fingerprint density at radius 2 is 1.74 bits per heavy atom. The van der Waals surface area contributed by atoms with E-state index in [0.29, 0.717) is 15.7 Å². The summed E-state index contributed by atoms with van der Waals surface area (Å²) in [5.41, 5.74) is 0.904. The van der Waals surface area contributed by atoms with Gasteiger partial charge in [-0.05, 0) is 52.3 Å². The zero-order valence-corrected chi connectivity index (χ0v) is 11.1. The van der Waals surface area contributed by atoms with Gasteiger partial charge in [0.05, 0.1) is 11.1 Å². The molecule has 19 heavy (non-hydrogen) atoms. The molecule has 2 aromatic carbocycles. The highest BCUT2D eigenvalue weighted by Gasteiger charge is 2.15. The molecule has 0 bridgehead atoms. The van der Waals surface area contributed by atoms with E-state index in [2.05, 4.69) is 21.0 Å². The number of phenols is 2. The zero-order valence-electron chi connectivity index (χ0n) is 9.51. The number of hydrogen-bond acceptors (Lipinski definition) is 3. The monoisotopic (exact) mass is 322 g/mol. The van der Waals surface area contributed by atoms with Gasteiger partial charge in [-0.2, -0.15) is 9.49 Å². The molecular weight excluding hydrogens is 315 g/mol. The lowest BCUT2D eigenvalue weighted by molar-refractivity contribution is 0.474. The standard InChI is InChI=1S/C13H8BrFN2O2/c14-11-6-9(19)5-10-12(11)16-17(13(10)15)7-1-3-8(18)4-2-7/h1-6,18-19H. The molecule has 1 aromatic heterocycles. The predicted octanol–water partition coefficient (Wildman–Crippen LogP) is 3.34. The van der Waals surface area contributed by atoms with Crippen molar-refractivity contribution in [1.82, 2.24) is 9.78 Å². The highest BCUT2D eigenvalue weighted by molar-refractivity contribution is 9.10. The van der Waals surface area contributed by atoms with Crippen LogP contribution in [0.4, 0.5) is 4.39 Å². The minimum Gasteiger partial charge on any atom is -0.508 e. The van der Waals surface area contributed by atoms with E-state index in [9.17, 15) is 14.6 Å². The second-order valence-electron chi connectivity index (χ2n) is 4.04. The van der Waals surface area contributed by atoms with Gasteiger partial charge in [-0.1, -0.05) is 0 Å². The van der Waals surface area contributed by atoms with Gasteiger partial charge in [0.15, 0.2) is 0 Å². The molecule has 0 radical (unpaired) electrons. The average molecular weight is 323 g/mol. The largest absolute Gasteiger partial charge is 0.508 e. The van der Waals surface area contributed by atoms with Crippen molar-refractivity contribution in [2.45, 2.75) is 0 Å². The number of nitrogens with zero attached hydrogens (tertiary/aromatic N) is 2. The highest BCUT2D eigenvalue weighted by Crippen LogP contribution is 2.31. The third-order valence-corrected chi connectivity index (χ3v) is 3.36. The zero-order chi connectivity index (χ0) is 13.6. The van der Waals surface area contributed by atoms with Crippen LogP contribution in [-0.2, 0) is 0 Å². The molecule has 0 aliphatic carbocycles. The van der Waals surface area contributed by atoms with E-state index in [0.717, 1.165) is 4.68 Å². The Morgan fingerprint density at radius 3 is 2.42 bits per heavy atom. The van der Waals surface area contributed by atoms with Crippen LogP contribution in [0.25, 0.3) is 16.6 Å². The number of benzene rings is 2. The van der Waals surface area contributed by atoms with E-state index in [-0.39, 0.29) is 16.9 Å². The maximum Gasteiger partial charge on any atom is 0.224 e. The average Bonchev–Trinajstić information content (AvgIpc) is 2.69. The molecule has 0 spiro atoms. The fourth-order valence-electron chi connectivity index (χ4n) is 1.87. The van der Waals surface area contributed by atoms with Gasteiger partial charge in [0, 0.05) is 4.47 Å². The lowest BCUT2D eigenvalue weighted by Crippen LogP contribution is -1.98. The number of rotatable bonds is 1. The number of phenolic OH excluding ortho intramolecular Hbond substituents is 2. The number of halogens is 2. The first-order chi connectivity index (χ1) is 9.06. The van der Waals surface area contributed by atoms with Crippen LogP contribution in [0.1, 0.15) is 0 Å². The third kappa shape index (κ3) is 1.94. The summed E-state index contributed by atoms with van der Waals surface area (Å²) < 4.78 is 15.9. The molecule has 0 amide bonds. The smallest absolute Gasteiger partial charge is 0.224 e. The quantitative estimate of drug-likeness (QED) is 0.722. The van der Waals surface area contributed by atoms with Crippen LogP contribution in [0, 0.1) is 5.95 Å². The van der Waals surface area contributed by atoms with E-state index in [1.165, 1.54) is 24.3 Å². The Labute approximate surface area is 115 Å². The Hall–Kier alpha value is -2.08. The van der Waals surface area contributed by atoms with E-state index in [1.54, 1.807) is 12.1 Å². The number of aromatic hydroxyl groups is 2. The summed E-state index contributed by atoms with van der Waals surface area (Å²) in [5.74, 6) is -0.513. The first-order valence-corrected chi connectivity index (χ1v) is 6.22. The van der Waals surface area contributed by atoms with E-state index >= 15 is 0 Å². The topological polar surface area (TPSA) is 58.3 Å². The van der Waals surface area contributed by atoms with Crippen LogP contribution in [0.15, 0.2) is 40.9 Å². The number of fused-ring (bicyclic) bond motifs is 1. The van der Waals surface area contributed by atoms with E-state index < -0.39 is 5.95 Å². The molecule has 0 atom stereocenters. The molecular formula is C13H8BrFN2O2. The van der Waals surface area contributed by atoms with Gasteiger partial charge in [0.25, 0.3) is 0 Å². The van der Waals surface area contributed by atoms with E-state index in [1.807, 2.05) is 0 Å². The summed E-state index contributed by atoms with van der Waals surface area (Å²) in [5, 5.41) is 23.1. The van der Waals surface area contributed by atoms with Crippen molar-refractivity contribution in [3.05, 3.63) is 46.8 Å². The summed E-state index contributed by atoms with van der Waals surface area (Å²) in [6, 6.07) is 8.78. The molecule has 96 valence electrons. The normalized spacial score (nSPS) is 11.1. The van der Waals surface area contributed by atoms with Crippen molar-refractivity contribution in [3.8, 4) is 17.2 Å². The van der Waals surface area contributed by atoms with Crippen LogP contribution < -0.4 is 0 Å². The lowest BCUT2D eigenvalue weighted by Gasteiger charge is -2.01. The van der Waals surface area contributed by atoms with Crippen molar-refractivity contribution >= 4 is 26.8 Å². The van der Waals surface area contributed by atoms with Crippen molar-refractivity contribution in [2.75, 3.05) is 0 Å². The number of aromatic nitrogens is 2. The van der Waals surface area contributed by atoms with Crippen molar-refractivity contribution in [2.24, 2.45) is 0 Å². The predicted molar refractivity (Wildman–Crippen MR) is 72.1 cm³/mol. The fourth-order valence-corrected chi connectivity index (χ4v) is 2.39. The summed E-state index contributed by atoms with van der Waals surface area (Å²) >= 11 is 3.24. The Bertz CT molecular complexity index is 768. The molecule has 0 unspecified atom stereocenters. The Kier molecular flexibility index (Phi) is 2.67. The summed E-state index contributed by atoms with van der Waals surface area (Å²) in [4.78, 5) is 0. The fraction of sp³-hybridized carbons (Fsp3) is 0. The molecule has 0 aliphatic rings. The SMILES string of the molecule is Oc1ccc(-n2nc3c(Br)cc(O)cc3c2F)cc1. The molecule has 3 aromatic rings. The van der Waals surface area contributed by atoms with Gasteiger partial charge in [0.1, 0.15) is 17.0 Å². The molecule has 0 fully saturated rings. The van der Waals surface area contributed by atoms with Crippen LogP contribution in [0.3, 0.4) is 0 Å². The van der Waals surface area contributed by atoms with Gasteiger partial charge < -0.3 is 10.2 Å². The lowest BCUT2D eigenvalue weighted by atomic mass is 10.2. The molecule has 0 saturated heterocycles. The van der Waals surface area contributed by atoms with E-state index in [4.69, 9.17) is 0 Å². The van der Waals surface area contributed by atoms with Crippen LogP contribution in [0.2, 0.25) is 0 Å². The van der Waals surface area contributed by atoms with Gasteiger partial charge in [-0.25, -0.2) is 4.68 Å². The molecule has 4 nitrogen and oxygen atoms in total. The van der Waals surface area contributed by atoms with Crippen LogP contribution in [0.5, 0.6) is 11.5 Å². The highest BCUT2D eigenvalue weighted by atomic mass is 79.9. The molecule has 0 aliphatic heterocycles. The first kappa shape index (κ1) is 12.0. The summed E-state index contributed by atoms with van der Waals surface area (Å²) in [6.07, 6.45) is 0. The minimum absolute atomic E-state index is 0.0384. The van der Waals surface area contributed by atoms with Crippen molar-refractivity contribution < 1.29 is 14.6 Å². The maximum atomic E-state index is 14.3. The maximum absolute atomic E-state index is 14.3. The molecule has 3 rings (SSSR count). The molecule has 2 N–H and O–H groups in total. The minimum atomic E-state index is -0.572. The summed E-state index contributed by atoms with van der Waals surface area (Å²) in [6.45, 7) is 0. The Morgan fingerprint density at radius 1 is 1.05 bits per heavy atom. The Balaban J connectivity index is 2.28. The molecule has 6 heteroatoms. The second-order valence-corrected chi connectivity index (χ2v) is 4.90. The van der Waals surface area contributed by atoms with Gasteiger partial charge in [-0.15, -0.1) is 0 Å².